The summed E-state index contributed by atoms with van der Waals surface area (Å²) in [5, 5.41) is 19.7. The first kappa shape index (κ1) is 13.7. The van der Waals surface area contributed by atoms with E-state index in [0.717, 1.165) is 17.8 Å². The summed E-state index contributed by atoms with van der Waals surface area (Å²) in [7, 11) is 0. The largest absolute Gasteiger partial charge is 0.368 e. The molecule has 1 rings (SSSR count). The van der Waals surface area contributed by atoms with Gasteiger partial charge in [-0.3, -0.25) is 10.1 Å². The molecule has 0 aliphatic carbocycles. The van der Waals surface area contributed by atoms with Crippen LogP contribution in [0.2, 0.25) is 0 Å². The molecule has 1 aromatic rings. The molecule has 0 radical (unpaired) electrons. The molecule has 5 heteroatoms. The number of nitriles is 1. The van der Waals surface area contributed by atoms with E-state index in [2.05, 4.69) is 6.58 Å². The summed E-state index contributed by atoms with van der Waals surface area (Å²) >= 11 is 0. The standard InChI is InChI=1S/C13H15N3O2/c1-4-15(9-10(2)3)12-5-6-13(16(17)18)11(7-12)8-14/h5-7H,2,4,9H2,1,3H3. The van der Waals surface area contributed by atoms with E-state index in [-0.39, 0.29) is 11.3 Å². The maximum absolute atomic E-state index is 10.7. The van der Waals surface area contributed by atoms with Crippen molar-refractivity contribution in [2.75, 3.05) is 18.0 Å². The van der Waals surface area contributed by atoms with Gasteiger partial charge in [0, 0.05) is 24.8 Å². The number of nitro benzene ring substituents is 1. The Bertz CT molecular complexity index is 517. The zero-order valence-corrected chi connectivity index (χ0v) is 10.5. The number of rotatable bonds is 5. The first-order valence-corrected chi connectivity index (χ1v) is 5.57. The minimum Gasteiger partial charge on any atom is -0.368 e. The topological polar surface area (TPSA) is 70.2 Å². The maximum Gasteiger partial charge on any atom is 0.287 e. The molecule has 94 valence electrons. The zero-order valence-electron chi connectivity index (χ0n) is 10.5. The molecule has 0 bridgehead atoms. The summed E-state index contributed by atoms with van der Waals surface area (Å²) in [5.41, 5.74) is 1.71. The highest BCUT2D eigenvalue weighted by atomic mass is 16.6. The van der Waals surface area contributed by atoms with E-state index in [9.17, 15) is 10.1 Å². The second kappa shape index (κ2) is 5.82. The Morgan fingerprint density at radius 3 is 2.72 bits per heavy atom. The predicted octanol–water partition coefficient (Wildman–Crippen LogP) is 2.87. The molecular formula is C13H15N3O2. The van der Waals surface area contributed by atoms with Crippen LogP contribution in [0.4, 0.5) is 11.4 Å². The molecule has 0 aliphatic heterocycles. The van der Waals surface area contributed by atoms with Gasteiger partial charge in [0.25, 0.3) is 5.69 Å². The van der Waals surface area contributed by atoms with Gasteiger partial charge >= 0.3 is 0 Å². The van der Waals surface area contributed by atoms with Crippen molar-refractivity contribution in [1.29, 1.82) is 5.26 Å². The van der Waals surface area contributed by atoms with Crippen LogP contribution in [0.3, 0.4) is 0 Å². The van der Waals surface area contributed by atoms with Crippen molar-refractivity contribution in [3.8, 4) is 6.07 Å². The average molecular weight is 245 g/mol. The third-order valence-corrected chi connectivity index (χ3v) is 2.50. The highest BCUT2D eigenvalue weighted by Gasteiger charge is 2.15. The fourth-order valence-corrected chi connectivity index (χ4v) is 1.68. The van der Waals surface area contributed by atoms with Gasteiger partial charge < -0.3 is 4.90 Å². The first-order chi connectivity index (χ1) is 8.49. The lowest BCUT2D eigenvalue weighted by molar-refractivity contribution is -0.385. The molecule has 0 N–H and O–H groups in total. The molecule has 0 unspecified atom stereocenters. The first-order valence-electron chi connectivity index (χ1n) is 5.57. The molecule has 0 fully saturated rings. The molecule has 0 aliphatic rings. The van der Waals surface area contributed by atoms with E-state index in [1.54, 1.807) is 12.1 Å². The molecule has 1 aromatic carbocycles. The highest BCUT2D eigenvalue weighted by molar-refractivity contribution is 5.60. The van der Waals surface area contributed by atoms with Gasteiger partial charge in [-0.1, -0.05) is 12.2 Å². The molecular weight excluding hydrogens is 230 g/mol. The summed E-state index contributed by atoms with van der Waals surface area (Å²) in [4.78, 5) is 12.2. The van der Waals surface area contributed by atoms with Crippen LogP contribution in [-0.2, 0) is 0 Å². The van der Waals surface area contributed by atoms with Gasteiger partial charge in [0.15, 0.2) is 0 Å². The lowest BCUT2D eigenvalue weighted by atomic mass is 10.1. The van der Waals surface area contributed by atoms with E-state index < -0.39 is 4.92 Å². The Labute approximate surface area is 106 Å². The van der Waals surface area contributed by atoms with E-state index in [0.29, 0.717) is 6.54 Å². The van der Waals surface area contributed by atoms with Crippen molar-refractivity contribution >= 4 is 11.4 Å². The van der Waals surface area contributed by atoms with Crippen LogP contribution in [0.5, 0.6) is 0 Å². The summed E-state index contributed by atoms with van der Waals surface area (Å²) in [6.45, 7) is 9.15. The Morgan fingerprint density at radius 1 is 1.61 bits per heavy atom. The van der Waals surface area contributed by atoms with Crippen LogP contribution in [0, 0.1) is 21.4 Å². The monoisotopic (exact) mass is 245 g/mol. The van der Waals surface area contributed by atoms with Crippen molar-refractivity contribution in [1.82, 2.24) is 0 Å². The van der Waals surface area contributed by atoms with Crippen molar-refractivity contribution in [2.24, 2.45) is 0 Å². The maximum atomic E-state index is 10.7. The lowest BCUT2D eigenvalue weighted by Crippen LogP contribution is -2.24. The van der Waals surface area contributed by atoms with Crippen LogP contribution in [0.15, 0.2) is 30.4 Å². The molecule has 0 heterocycles. The fourth-order valence-electron chi connectivity index (χ4n) is 1.68. The SMILES string of the molecule is C=C(C)CN(CC)c1ccc([N+](=O)[O-])c(C#N)c1. The lowest BCUT2D eigenvalue weighted by Gasteiger charge is -2.23. The van der Waals surface area contributed by atoms with Crippen molar-refractivity contribution in [3.63, 3.8) is 0 Å². The van der Waals surface area contributed by atoms with E-state index in [4.69, 9.17) is 5.26 Å². The zero-order chi connectivity index (χ0) is 13.7. The number of nitrogens with zero attached hydrogens (tertiary/aromatic N) is 3. The highest BCUT2D eigenvalue weighted by Crippen LogP contribution is 2.24. The third kappa shape index (κ3) is 3.08. The smallest absolute Gasteiger partial charge is 0.287 e. The molecule has 0 saturated heterocycles. The van der Waals surface area contributed by atoms with E-state index in [1.807, 2.05) is 24.8 Å². The van der Waals surface area contributed by atoms with Crippen molar-refractivity contribution in [2.45, 2.75) is 13.8 Å². The molecule has 0 amide bonds. The van der Waals surface area contributed by atoms with Crippen LogP contribution < -0.4 is 4.90 Å². The summed E-state index contributed by atoms with van der Waals surface area (Å²) in [6.07, 6.45) is 0. The van der Waals surface area contributed by atoms with Gasteiger partial charge in [-0.05, 0) is 26.0 Å². The number of nitro groups is 1. The Balaban J connectivity index is 3.15. The number of benzene rings is 1. The fraction of sp³-hybridized carbons (Fsp3) is 0.308. The quantitative estimate of drug-likeness (QED) is 0.454. The van der Waals surface area contributed by atoms with Crippen LogP contribution in [0.1, 0.15) is 19.4 Å². The van der Waals surface area contributed by atoms with Gasteiger partial charge in [0.1, 0.15) is 11.6 Å². The minimum atomic E-state index is -0.544. The second-order valence-electron chi connectivity index (χ2n) is 4.04. The molecule has 18 heavy (non-hydrogen) atoms. The van der Waals surface area contributed by atoms with Gasteiger partial charge in [-0.2, -0.15) is 5.26 Å². The van der Waals surface area contributed by atoms with Gasteiger partial charge in [-0.15, -0.1) is 0 Å². The molecule has 0 atom stereocenters. The Hall–Kier alpha value is -2.35. The predicted molar refractivity (Wildman–Crippen MR) is 70.5 cm³/mol. The Kier molecular flexibility index (Phi) is 4.44. The van der Waals surface area contributed by atoms with Crippen LogP contribution >= 0.6 is 0 Å². The van der Waals surface area contributed by atoms with Crippen molar-refractivity contribution in [3.05, 3.63) is 46.0 Å². The van der Waals surface area contributed by atoms with Gasteiger partial charge in [-0.25, -0.2) is 0 Å². The van der Waals surface area contributed by atoms with E-state index in [1.165, 1.54) is 6.07 Å². The van der Waals surface area contributed by atoms with Crippen LogP contribution in [0.25, 0.3) is 0 Å². The molecule has 0 aromatic heterocycles. The molecule has 0 saturated carbocycles. The average Bonchev–Trinajstić information content (AvgIpc) is 2.34. The van der Waals surface area contributed by atoms with Crippen LogP contribution in [-0.4, -0.2) is 18.0 Å². The van der Waals surface area contributed by atoms with Gasteiger partial charge in [0.2, 0.25) is 0 Å². The number of anilines is 1. The van der Waals surface area contributed by atoms with E-state index >= 15 is 0 Å². The number of hydrogen-bond acceptors (Lipinski definition) is 4. The summed E-state index contributed by atoms with van der Waals surface area (Å²) < 4.78 is 0. The number of hydrogen-bond donors (Lipinski definition) is 0. The summed E-state index contributed by atoms with van der Waals surface area (Å²) in [6, 6.07) is 6.43. The van der Waals surface area contributed by atoms with Gasteiger partial charge in [0.05, 0.1) is 4.92 Å². The minimum absolute atomic E-state index is 0.0812. The third-order valence-electron chi connectivity index (χ3n) is 2.50. The summed E-state index contributed by atoms with van der Waals surface area (Å²) in [5.74, 6) is 0. The number of likely N-dealkylation sites (N-methyl/N-ethyl adjacent to an activating group) is 1. The molecule has 5 nitrogen and oxygen atoms in total. The Morgan fingerprint density at radius 2 is 2.28 bits per heavy atom. The van der Waals surface area contributed by atoms with Crippen molar-refractivity contribution < 1.29 is 4.92 Å². The second-order valence-corrected chi connectivity index (χ2v) is 4.04. The normalized spacial score (nSPS) is 9.61. The molecule has 0 spiro atoms.